The fraction of sp³-hybridized carbons (Fsp3) is 0.400. The van der Waals surface area contributed by atoms with Crippen LogP contribution >= 0.6 is 11.6 Å². The van der Waals surface area contributed by atoms with Crippen molar-refractivity contribution in [3.05, 3.63) is 52.5 Å². The second kappa shape index (κ2) is 8.69. The van der Waals surface area contributed by atoms with Gasteiger partial charge in [-0.1, -0.05) is 28.7 Å². The molecule has 0 saturated carbocycles. The van der Waals surface area contributed by atoms with E-state index in [-0.39, 0.29) is 11.8 Å². The monoisotopic (exact) mass is 420 g/mol. The fourth-order valence-corrected chi connectivity index (χ4v) is 4.46. The van der Waals surface area contributed by atoms with E-state index >= 15 is 0 Å². The smallest absolute Gasteiger partial charge is 0.124 e. The first-order valence-electron chi connectivity index (χ1n) is 9.43. The van der Waals surface area contributed by atoms with Gasteiger partial charge in [0.2, 0.25) is 0 Å². The molecule has 150 valence electrons. The molecule has 0 bridgehead atoms. The molecule has 0 aromatic heterocycles. The summed E-state index contributed by atoms with van der Waals surface area (Å²) in [4.78, 5) is 2.31. The summed E-state index contributed by atoms with van der Waals surface area (Å²) < 4.78 is 28.5. The summed E-state index contributed by atoms with van der Waals surface area (Å²) in [6, 6.07) is 11.6. The number of nitrogens with one attached hydrogen (secondary N) is 2. The van der Waals surface area contributed by atoms with Gasteiger partial charge in [-0.2, -0.15) is 0 Å². The van der Waals surface area contributed by atoms with Gasteiger partial charge in [0.15, 0.2) is 0 Å². The van der Waals surface area contributed by atoms with Gasteiger partial charge in [-0.25, -0.2) is 0 Å². The second-order valence-electron chi connectivity index (χ2n) is 7.04. The van der Waals surface area contributed by atoms with Crippen molar-refractivity contribution < 1.29 is 13.5 Å². The molecule has 1 saturated heterocycles. The number of fused-ring (bicyclic) bond motifs is 1. The molecule has 2 aliphatic rings. The van der Waals surface area contributed by atoms with Crippen molar-refractivity contribution in [1.82, 2.24) is 5.32 Å². The van der Waals surface area contributed by atoms with E-state index in [4.69, 9.17) is 16.3 Å². The SMILES string of the molecule is O=S([O-])Cc1ccc(N2CCNCC2)cc1NC1CCOc2ccc(Cl)cc21. The van der Waals surface area contributed by atoms with Gasteiger partial charge in [0.25, 0.3) is 0 Å². The normalized spacial score (nSPS) is 20.2. The van der Waals surface area contributed by atoms with E-state index in [0.29, 0.717) is 11.6 Å². The number of rotatable bonds is 5. The molecule has 1 fully saturated rings. The molecular weight excluding hydrogens is 398 g/mol. The Balaban J connectivity index is 1.65. The summed E-state index contributed by atoms with van der Waals surface area (Å²) >= 11 is 4.04. The van der Waals surface area contributed by atoms with Crippen LogP contribution in [0.5, 0.6) is 5.75 Å². The minimum Gasteiger partial charge on any atom is -0.772 e. The maximum absolute atomic E-state index is 11.4. The third-order valence-electron chi connectivity index (χ3n) is 5.19. The van der Waals surface area contributed by atoms with Crippen molar-refractivity contribution >= 4 is 34.1 Å². The Hall–Kier alpha value is -1.80. The van der Waals surface area contributed by atoms with Crippen LogP contribution in [-0.4, -0.2) is 41.5 Å². The van der Waals surface area contributed by atoms with Crippen molar-refractivity contribution in [3.63, 3.8) is 0 Å². The Morgan fingerprint density at radius 3 is 2.86 bits per heavy atom. The van der Waals surface area contributed by atoms with Crippen molar-refractivity contribution in [1.29, 1.82) is 0 Å². The molecule has 2 aromatic carbocycles. The van der Waals surface area contributed by atoms with Crippen LogP contribution in [0.1, 0.15) is 23.6 Å². The highest BCUT2D eigenvalue weighted by Crippen LogP contribution is 2.37. The van der Waals surface area contributed by atoms with Gasteiger partial charge in [-0.15, -0.1) is 0 Å². The Morgan fingerprint density at radius 2 is 2.07 bits per heavy atom. The summed E-state index contributed by atoms with van der Waals surface area (Å²) in [5, 5.41) is 7.58. The number of halogens is 1. The van der Waals surface area contributed by atoms with Crippen LogP contribution < -0.4 is 20.3 Å². The Kier molecular flexibility index (Phi) is 6.06. The molecule has 2 N–H and O–H groups in total. The number of ether oxygens (including phenoxy) is 1. The average Bonchev–Trinajstić information content (AvgIpc) is 2.70. The molecule has 8 heteroatoms. The highest BCUT2D eigenvalue weighted by atomic mass is 35.5. The molecule has 0 radical (unpaired) electrons. The molecular formula is C20H23ClN3O3S-. The van der Waals surface area contributed by atoms with Crippen molar-refractivity contribution in [2.45, 2.75) is 18.2 Å². The van der Waals surface area contributed by atoms with E-state index in [1.165, 1.54) is 0 Å². The minimum absolute atomic E-state index is 0.0135. The molecule has 2 aliphatic heterocycles. The van der Waals surface area contributed by atoms with Crippen LogP contribution in [0.25, 0.3) is 0 Å². The lowest BCUT2D eigenvalue weighted by molar-refractivity contribution is 0.274. The molecule has 0 aliphatic carbocycles. The second-order valence-corrected chi connectivity index (χ2v) is 8.38. The van der Waals surface area contributed by atoms with E-state index in [0.717, 1.165) is 60.9 Å². The summed E-state index contributed by atoms with van der Waals surface area (Å²) in [6.45, 7) is 4.36. The molecule has 2 atom stereocenters. The lowest BCUT2D eigenvalue weighted by Crippen LogP contribution is -2.43. The first kappa shape index (κ1) is 19.5. The summed E-state index contributed by atoms with van der Waals surface area (Å²) in [7, 11) is 0. The van der Waals surface area contributed by atoms with Gasteiger partial charge in [-0.05, 0) is 35.9 Å². The van der Waals surface area contributed by atoms with Crippen molar-refractivity contribution in [2.24, 2.45) is 0 Å². The van der Waals surface area contributed by atoms with Crippen LogP contribution in [0.2, 0.25) is 5.02 Å². The maximum Gasteiger partial charge on any atom is 0.124 e. The standard InChI is InChI=1S/C20H24ClN3O3S/c21-15-2-4-20-17(11-15)18(5-10-27-20)23-19-12-16(24-8-6-22-7-9-24)3-1-14(19)13-28(25)26/h1-4,11-12,18,22-23H,5-10,13H2,(H,25,26)/p-1. The predicted molar refractivity (Wildman–Crippen MR) is 112 cm³/mol. The van der Waals surface area contributed by atoms with Gasteiger partial charge in [0, 0.05) is 60.3 Å². The summed E-state index contributed by atoms with van der Waals surface area (Å²) in [5.74, 6) is 0.802. The fourth-order valence-electron chi connectivity index (χ4n) is 3.77. The quantitative estimate of drug-likeness (QED) is 0.724. The summed E-state index contributed by atoms with van der Waals surface area (Å²) in [5.41, 5.74) is 3.71. The van der Waals surface area contributed by atoms with Crippen molar-refractivity contribution in [3.8, 4) is 5.75 Å². The lowest BCUT2D eigenvalue weighted by atomic mass is 9.99. The van der Waals surface area contributed by atoms with Crippen LogP contribution in [-0.2, 0) is 16.8 Å². The van der Waals surface area contributed by atoms with Gasteiger partial charge in [0.05, 0.1) is 12.6 Å². The number of benzene rings is 2. The Morgan fingerprint density at radius 1 is 1.25 bits per heavy atom. The van der Waals surface area contributed by atoms with Gasteiger partial charge in [0.1, 0.15) is 5.75 Å². The zero-order valence-electron chi connectivity index (χ0n) is 15.4. The zero-order valence-corrected chi connectivity index (χ0v) is 17.0. The molecule has 4 rings (SSSR count). The maximum atomic E-state index is 11.4. The number of hydrogen-bond donors (Lipinski definition) is 2. The molecule has 2 unspecified atom stereocenters. The van der Waals surface area contributed by atoms with Crippen LogP contribution in [0.3, 0.4) is 0 Å². The minimum atomic E-state index is -2.15. The van der Waals surface area contributed by atoms with E-state index in [9.17, 15) is 8.76 Å². The van der Waals surface area contributed by atoms with Crippen LogP contribution in [0.15, 0.2) is 36.4 Å². The number of piperazine rings is 1. The van der Waals surface area contributed by atoms with E-state index in [1.54, 1.807) is 0 Å². The van der Waals surface area contributed by atoms with Gasteiger partial charge < -0.3 is 24.8 Å². The number of nitrogens with zero attached hydrogens (tertiary/aromatic N) is 1. The summed E-state index contributed by atoms with van der Waals surface area (Å²) in [6.07, 6.45) is 0.783. The zero-order chi connectivity index (χ0) is 19.5. The highest BCUT2D eigenvalue weighted by molar-refractivity contribution is 7.78. The first-order chi connectivity index (χ1) is 13.6. The largest absolute Gasteiger partial charge is 0.772 e. The predicted octanol–water partition coefficient (Wildman–Crippen LogP) is 3.06. The van der Waals surface area contributed by atoms with Gasteiger partial charge >= 0.3 is 0 Å². The molecule has 2 aromatic rings. The average molecular weight is 421 g/mol. The van der Waals surface area contributed by atoms with E-state index in [2.05, 4.69) is 21.6 Å². The molecule has 6 nitrogen and oxygen atoms in total. The van der Waals surface area contributed by atoms with E-state index in [1.807, 2.05) is 30.3 Å². The molecule has 2 heterocycles. The topological polar surface area (TPSA) is 76.7 Å². The lowest BCUT2D eigenvalue weighted by Gasteiger charge is -2.32. The van der Waals surface area contributed by atoms with E-state index < -0.39 is 11.1 Å². The number of anilines is 2. The molecule has 0 spiro atoms. The first-order valence-corrected chi connectivity index (χ1v) is 11.1. The highest BCUT2D eigenvalue weighted by Gasteiger charge is 2.23. The number of hydrogen-bond acceptors (Lipinski definition) is 6. The van der Waals surface area contributed by atoms with Crippen LogP contribution in [0.4, 0.5) is 11.4 Å². The van der Waals surface area contributed by atoms with Gasteiger partial charge in [-0.3, -0.25) is 4.21 Å². The molecule has 0 amide bonds. The van der Waals surface area contributed by atoms with Crippen molar-refractivity contribution in [2.75, 3.05) is 43.0 Å². The Labute approximate surface area is 172 Å². The Bertz CT molecular complexity index is 874. The molecule has 28 heavy (non-hydrogen) atoms. The third-order valence-corrected chi connectivity index (χ3v) is 5.97. The van der Waals surface area contributed by atoms with Crippen LogP contribution in [0, 0.1) is 0 Å². The third kappa shape index (κ3) is 4.43.